The van der Waals surface area contributed by atoms with Gasteiger partial charge in [-0.3, -0.25) is 4.79 Å². The van der Waals surface area contributed by atoms with E-state index in [1.54, 1.807) is 18.2 Å². The molecule has 5 heteroatoms. The first-order valence-corrected chi connectivity index (χ1v) is 6.74. The number of nitrogen functional groups attached to an aromatic ring is 2. The molecule has 1 fully saturated rings. The summed E-state index contributed by atoms with van der Waals surface area (Å²) in [6.45, 7) is 5.17. The topological polar surface area (TPSA) is 84.4 Å². The summed E-state index contributed by atoms with van der Waals surface area (Å²) >= 11 is 0. The second-order valence-corrected chi connectivity index (χ2v) is 5.23. The second-order valence-electron chi connectivity index (χ2n) is 5.23. The van der Waals surface area contributed by atoms with Crippen molar-refractivity contribution in [3.8, 4) is 0 Å². The van der Waals surface area contributed by atoms with Crippen molar-refractivity contribution >= 4 is 17.3 Å². The van der Waals surface area contributed by atoms with E-state index in [9.17, 15) is 4.79 Å². The minimum absolute atomic E-state index is 0.113. The predicted molar refractivity (Wildman–Crippen MR) is 77.9 cm³/mol. The van der Waals surface area contributed by atoms with E-state index in [2.05, 4.69) is 10.2 Å². The Kier molecular flexibility index (Phi) is 4.27. The monoisotopic (exact) mass is 262 g/mol. The molecule has 5 N–H and O–H groups in total. The molecular weight excluding hydrogens is 240 g/mol. The average molecular weight is 262 g/mol. The molecule has 1 atom stereocenters. The molecule has 1 aliphatic heterocycles. The third kappa shape index (κ3) is 3.61. The van der Waals surface area contributed by atoms with E-state index in [0.717, 1.165) is 19.6 Å². The summed E-state index contributed by atoms with van der Waals surface area (Å²) in [5, 5.41) is 2.98. The summed E-state index contributed by atoms with van der Waals surface area (Å²) in [6.07, 6.45) is 2.51. The van der Waals surface area contributed by atoms with Gasteiger partial charge in [-0.1, -0.05) is 0 Å². The zero-order valence-electron chi connectivity index (χ0n) is 11.4. The van der Waals surface area contributed by atoms with E-state index in [1.165, 1.54) is 12.8 Å². The Bertz CT molecular complexity index is 455. The van der Waals surface area contributed by atoms with Crippen LogP contribution in [0, 0.1) is 0 Å². The van der Waals surface area contributed by atoms with Crippen LogP contribution in [0.3, 0.4) is 0 Å². The number of hydrogen-bond acceptors (Lipinski definition) is 4. The second kappa shape index (κ2) is 5.93. The Morgan fingerprint density at radius 2 is 2.05 bits per heavy atom. The van der Waals surface area contributed by atoms with Crippen molar-refractivity contribution in [1.29, 1.82) is 0 Å². The lowest BCUT2D eigenvalue weighted by Gasteiger charge is -2.21. The smallest absolute Gasteiger partial charge is 0.253 e. The summed E-state index contributed by atoms with van der Waals surface area (Å²) in [7, 11) is 0. The van der Waals surface area contributed by atoms with Crippen LogP contribution in [0.5, 0.6) is 0 Å². The van der Waals surface area contributed by atoms with Crippen LogP contribution in [-0.2, 0) is 0 Å². The van der Waals surface area contributed by atoms with Crippen LogP contribution in [0.15, 0.2) is 18.2 Å². The molecule has 0 aliphatic carbocycles. The van der Waals surface area contributed by atoms with Gasteiger partial charge >= 0.3 is 0 Å². The standard InChI is InChI=1S/C14H22N4O/c1-10(9-18-6-2-3-7-18)17-14(19)12-5-4-11(15)8-13(12)16/h4-5,8,10H,2-3,6-7,9,15-16H2,1H3,(H,17,19). The van der Waals surface area contributed by atoms with Gasteiger partial charge in [0.15, 0.2) is 0 Å². The molecule has 1 amide bonds. The summed E-state index contributed by atoms with van der Waals surface area (Å²) in [6, 6.07) is 5.08. The lowest BCUT2D eigenvalue weighted by Crippen LogP contribution is -2.41. The van der Waals surface area contributed by atoms with Gasteiger partial charge in [0.25, 0.3) is 5.91 Å². The highest BCUT2D eigenvalue weighted by Gasteiger charge is 2.17. The van der Waals surface area contributed by atoms with Gasteiger partial charge in [-0.05, 0) is 51.1 Å². The van der Waals surface area contributed by atoms with E-state index < -0.39 is 0 Å². The third-order valence-corrected chi connectivity index (χ3v) is 3.43. The van der Waals surface area contributed by atoms with Gasteiger partial charge in [-0.2, -0.15) is 0 Å². The van der Waals surface area contributed by atoms with Gasteiger partial charge in [0.2, 0.25) is 0 Å². The van der Waals surface area contributed by atoms with Crippen LogP contribution in [0.4, 0.5) is 11.4 Å². The maximum atomic E-state index is 12.1. The van der Waals surface area contributed by atoms with Crippen molar-refractivity contribution in [2.75, 3.05) is 31.1 Å². The molecule has 104 valence electrons. The maximum Gasteiger partial charge on any atom is 0.253 e. The summed E-state index contributed by atoms with van der Waals surface area (Å²) in [5.41, 5.74) is 12.9. The van der Waals surface area contributed by atoms with Gasteiger partial charge in [0.1, 0.15) is 0 Å². The number of nitrogens with zero attached hydrogens (tertiary/aromatic N) is 1. The van der Waals surface area contributed by atoms with Crippen molar-refractivity contribution in [3.63, 3.8) is 0 Å². The number of nitrogens with two attached hydrogens (primary N) is 2. The fourth-order valence-electron chi connectivity index (χ4n) is 2.49. The van der Waals surface area contributed by atoms with Crippen molar-refractivity contribution in [2.45, 2.75) is 25.8 Å². The quantitative estimate of drug-likeness (QED) is 0.709. The first-order chi connectivity index (χ1) is 9.06. The van der Waals surface area contributed by atoms with Gasteiger partial charge in [-0.25, -0.2) is 0 Å². The molecule has 1 aromatic carbocycles. The number of rotatable bonds is 4. The highest BCUT2D eigenvalue weighted by atomic mass is 16.1. The molecule has 0 spiro atoms. The van der Waals surface area contributed by atoms with Gasteiger partial charge in [0, 0.05) is 24.0 Å². The van der Waals surface area contributed by atoms with Crippen molar-refractivity contribution < 1.29 is 4.79 Å². The van der Waals surface area contributed by atoms with Crippen molar-refractivity contribution in [1.82, 2.24) is 10.2 Å². The number of carbonyl (C=O) groups excluding carboxylic acids is 1. The SMILES string of the molecule is CC(CN1CCCC1)NC(=O)c1ccc(N)cc1N. The Labute approximate surface area is 113 Å². The molecule has 1 aromatic rings. The molecule has 1 saturated heterocycles. The van der Waals surface area contributed by atoms with Crippen molar-refractivity contribution in [3.05, 3.63) is 23.8 Å². The Morgan fingerprint density at radius 3 is 2.68 bits per heavy atom. The highest BCUT2D eigenvalue weighted by Crippen LogP contribution is 2.15. The fraction of sp³-hybridized carbons (Fsp3) is 0.500. The number of amides is 1. The van der Waals surface area contributed by atoms with E-state index in [-0.39, 0.29) is 11.9 Å². The molecule has 0 radical (unpaired) electrons. The molecule has 0 bridgehead atoms. The van der Waals surface area contributed by atoms with E-state index in [0.29, 0.717) is 16.9 Å². The third-order valence-electron chi connectivity index (χ3n) is 3.43. The van der Waals surface area contributed by atoms with Crippen LogP contribution in [-0.4, -0.2) is 36.5 Å². The number of likely N-dealkylation sites (tertiary alicyclic amines) is 1. The van der Waals surface area contributed by atoms with E-state index in [1.807, 2.05) is 6.92 Å². The summed E-state index contributed by atoms with van der Waals surface area (Å²) in [4.78, 5) is 14.5. The van der Waals surface area contributed by atoms with Crippen molar-refractivity contribution in [2.24, 2.45) is 0 Å². The van der Waals surface area contributed by atoms with Crippen LogP contribution in [0.25, 0.3) is 0 Å². The Morgan fingerprint density at radius 1 is 1.37 bits per heavy atom. The maximum absolute atomic E-state index is 12.1. The molecule has 1 aliphatic rings. The molecule has 19 heavy (non-hydrogen) atoms. The zero-order chi connectivity index (χ0) is 13.8. The molecule has 0 saturated carbocycles. The zero-order valence-corrected chi connectivity index (χ0v) is 11.4. The average Bonchev–Trinajstić information content (AvgIpc) is 2.81. The number of benzene rings is 1. The van der Waals surface area contributed by atoms with Crippen LogP contribution < -0.4 is 16.8 Å². The molecule has 1 heterocycles. The van der Waals surface area contributed by atoms with Crippen LogP contribution in [0.1, 0.15) is 30.1 Å². The first-order valence-electron chi connectivity index (χ1n) is 6.74. The normalized spacial score (nSPS) is 17.3. The summed E-state index contributed by atoms with van der Waals surface area (Å²) in [5.74, 6) is -0.135. The molecule has 5 nitrogen and oxygen atoms in total. The van der Waals surface area contributed by atoms with Gasteiger partial charge in [0.05, 0.1) is 5.56 Å². The molecular formula is C14H22N4O. The largest absolute Gasteiger partial charge is 0.399 e. The lowest BCUT2D eigenvalue weighted by molar-refractivity contribution is 0.0933. The predicted octanol–water partition coefficient (Wildman–Crippen LogP) is 1.07. The fourth-order valence-corrected chi connectivity index (χ4v) is 2.49. The summed E-state index contributed by atoms with van der Waals surface area (Å²) < 4.78 is 0. The van der Waals surface area contributed by atoms with Gasteiger partial charge in [-0.15, -0.1) is 0 Å². The Hall–Kier alpha value is -1.75. The minimum Gasteiger partial charge on any atom is -0.399 e. The van der Waals surface area contributed by atoms with Gasteiger partial charge < -0.3 is 21.7 Å². The molecule has 2 rings (SSSR count). The van der Waals surface area contributed by atoms with E-state index in [4.69, 9.17) is 11.5 Å². The molecule has 1 unspecified atom stereocenters. The number of hydrogen-bond donors (Lipinski definition) is 3. The lowest BCUT2D eigenvalue weighted by atomic mass is 10.1. The Balaban J connectivity index is 1.92. The van der Waals surface area contributed by atoms with E-state index >= 15 is 0 Å². The minimum atomic E-state index is -0.135. The first kappa shape index (κ1) is 13.7. The number of anilines is 2. The molecule has 0 aromatic heterocycles. The van der Waals surface area contributed by atoms with Crippen LogP contribution in [0.2, 0.25) is 0 Å². The number of nitrogens with one attached hydrogen (secondary N) is 1. The number of carbonyl (C=O) groups is 1. The highest BCUT2D eigenvalue weighted by molar-refractivity contribution is 5.99. The van der Waals surface area contributed by atoms with Crippen LogP contribution >= 0.6 is 0 Å².